The number of hydrogen-bond acceptors (Lipinski definition) is 6. The summed E-state index contributed by atoms with van der Waals surface area (Å²) in [5, 5.41) is 0. The van der Waals surface area contributed by atoms with Crippen LogP contribution in [0.2, 0.25) is 0 Å². The predicted octanol–water partition coefficient (Wildman–Crippen LogP) is 3.23. The minimum Gasteiger partial charge on any atom is -0.336 e. The molecule has 1 aliphatic rings. The molecule has 0 radical (unpaired) electrons. The molecule has 0 bridgehead atoms. The zero-order chi connectivity index (χ0) is 21.3. The van der Waals surface area contributed by atoms with E-state index >= 15 is 0 Å². The summed E-state index contributed by atoms with van der Waals surface area (Å²) >= 11 is 3.26. The summed E-state index contributed by atoms with van der Waals surface area (Å²) in [6, 6.07) is 14.3. The van der Waals surface area contributed by atoms with Crippen molar-refractivity contribution in [2.75, 3.05) is 11.4 Å². The number of anilines is 1. The molecule has 4 rings (SSSR count). The van der Waals surface area contributed by atoms with Crippen LogP contribution in [0.1, 0.15) is 27.2 Å². The van der Waals surface area contributed by atoms with Crippen LogP contribution in [0.15, 0.2) is 64.1 Å². The fraction of sp³-hybridized carbons (Fsp3) is 0.190. The normalized spacial score (nSPS) is 13.6. The molecule has 0 saturated carbocycles. The molecule has 0 spiro atoms. The minimum absolute atomic E-state index is 0.00113. The number of nitrogens with one attached hydrogen (secondary N) is 1. The third kappa shape index (κ3) is 4.22. The van der Waals surface area contributed by atoms with Gasteiger partial charge in [-0.15, -0.1) is 0 Å². The highest BCUT2D eigenvalue weighted by Crippen LogP contribution is 2.22. The number of carbonyl (C=O) groups excluding carboxylic acids is 1. The Balaban J connectivity index is 1.52. The van der Waals surface area contributed by atoms with E-state index < -0.39 is 15.9 Å². The molecule has 0 aliphatic carbocycles. The van der Waals surface area contributed by atoms with Crippen LogP contribution in [-0.2, 0) is 23.0 Å². The van der Waals surface area contributed by atoms with Crippen molar-refractivity contribution in [2.24, 2.45) is 0 Å². The number of amides is 1. The number of aryl methyl sites for hydroxylation is 1. The van der Waals surface area contributed by atoms with Crippen LogP contribution < -0.4 is 9.62 Å². The Labute approximate surface area is 183 Å². The molecule has 1 aromatic heterocycles. The van der Waals surface area contributed by atoms with Gasteiger partial charge >= 0.3 is 0 Å². The summed E-state index contributed by atoms with van der Waals surface area (Å²) in [4.78, 5) is 23.4. The van der Waals surface area contributed by atoms with E-state index in [1.165, 1.54) is 29.5 Å². The molecule has 3 aromatic rings. The van der Waals surface area contributed by atoms with Gasteiger partial charge in [0.2, 0.25) is 5.95 Å². The summed E-state index contributed by atoms with van der Waals surface area (Å²) < 4.78 is 27.8. The van der Waals surface area contributed by atoms with Crippen molar-refractivity contribution in [3.63, 3.8) is 0 Å². The van der Waals surface area contributed by atoms with Gasteiger partial charge in [-0.2, -0.15) is 0 Å². The van der Waals surface area contributed by atoms with E-state index in [-0.39, 0.29) is 10.5 Å². The number of fused-ring (bicyclic) bond motifs is 1. The van der Waals surface area contributed by atoms with Crippen LogP contribution in [0.3, 0.4) is 0 Å². The Bertz CT molecular complexity index is 1210. The van der Waals surface area contributed by atoms with E-state index in [9.17, 15) is 13.2 Å². The molecule has 2 aromatic carbocycles. The lowest BCUT2D eigenvalue weighted by atomic mass is 10.0. The summed E-state index contributed by atoms with van der Waals surface area (Å²) in [5.74, 6) is -0.236. The van der Waals surface area contributed by atoms with Crippen molar-refractivity contribution in [1.82, 2.24) is 14.7 Å². The van der Waals surface area contributed by atoms with Gasteiger partial charge in [0.1, 0.15) is 0 Å². The number of carbonyl (C=O) groups is 1. The highest BCUT2D eigenvalue weighted by molar-refractivity contribution is 9.10. The quantitative estimate of drug-likeness (QED) is 0.608. The lowest BCUT2D eigenvalue weighted by Crippen LogP contribution is -2.33. The topological polar surface area (TPSA) is 92.3 Å². The molecule has 30 heavy (non-hydrogen) atoms. The highest BCUT2D eigenvalue weighted by atomic mass is 79.9. The molecule has 0 fully saturated rings. The zero-order valence-corrected chi connectivity index (χ0v) is 18.6. The van der Waals surface area contributed by atoms with Crippen LogP contribution >= 0.6 is 15.9 Å². The minimum atomic E-state index is -3.99. The maximum atomic E-state index is 12.6. The van der Waals surface area contributed by atoms with E-state index in [1.54, 1.807) is 19.1 Å². The molecule has 9 heteroatoms. The van der Waals surface area contributed by atoms with Gasteiger partial charge < -0.3 is 4.90 Å². The molecule has 0 atom stereocenters. The molecule has 0 saturated heterocycles. The number of sulfonamides is 1. The first-order valence-corrected chi connectivity index (χ1v) is 11.6. The van der Waals surface area contributed by atoms with E-state index in [2.05, 4.69) is 47.7 Å². The number of hydrogen-bond donors (Lipinski definition) is 1. The van der Waals surface area contributed by atoms with Gasteiger partial charge in [0, 0.05) is 23.8 Å². The van der Waals surface area contributed by atoms with Gasteiger partial charge in [0.05, 0.1) is 16.2 Å². The smallest absolute Gasteiger partial charge is 0.268 e. The number of benzene rings is 2. The third-order valence-electron chi connectivity index (χ3n) is 4.98. The van der Waals surface area contributed by atoms with Crippen LogP contribution in [0.25, 0.3) is 0 Å². The first-order chi connectivity index (χ1) is 14.3. The molecule has 1 amide bonds. The average Bonchev–Trinajstić information content (AvgIpc) is 2.73. The summed E-state index contributed by atoms with van der Waals surface area (Å²) in [6.45, 7) is 3.14. The maximum absolute atomic E-state index is 12.6. The van der Waals surface area contributed by atoms with E-state index in [1.807, 2.05) is 12.1 Å². The summed E-state index contributed by atoms with van der Waals surface area (Å²) in [5.41, 5.74) is 3.09. The maximum Gasteiger partial charge on any atom is 0.268 e. The Morgan fingerprint density at radius 3 is 2.50 bits per heavy atom. The van der Waals surface area contributed by atoms with Gasteiger partial charge in [-0.1, -0.05) is 40.2 Å². The van der Waals surface area contributed by atoms with Gasteiger partial charge in [-0.25, -0.2) is 23.1 Å². The fourth-order valence-corrected chi connectivity index (χ4v) is 4.58. The van der Waals surface area contributed by atoms with Crippen molar-refractivity contribution in [1.29, 1.82) is 0 Å². The zero-order valence-electron chi connectivity index (χ0n) is 16.2. The molecule has 1 N–H and O–H groups in total. The monoisotopic (exact) mass is 486 g/mol. The Morgan fingerprint density at radius 1 is 1.10 bits per heavy atom. The molecular formula is C21H19BrN4O3S. The first-order valence-electron chi connectivity index (χ1n) is 9.31. The second-order valence-electron chi connectivity index (χ2n) is 7.00. The van der Waals surface area contributed by atoms with Crippen molar-refractivity contribution in [3.8, 4) is 0 Å². The first kappa shape index (κ1) is 20.5. The molecule has 7 nitrogen and oxygen atoms in total. The Kier molecular flexibility index (Phi) is 5.57. The Hall–Kier alpha value is -2.78. The van der Waals surface area contributed by atoms with Crippen molar-refractivity contribution >= 4 is 37.8 Å². The van der Waals surface area contributed by atoms with E-state index in [0.717, 1.165) is 17.4 Å². The van der Waals surface area contributed by atoms with Gasteiger partial charge in [0.15, 0.2) is 0 Å². The average molecular weight is 487 g/mol. The van der Waals surface area contributed by atoms with E-state index in [4.69, 9.17) is 0 Å². The molecular weight excluding hydrogens is 468 g/mol. The lowest BCUT2D eigenvalue weighted by Gasteiger charge is -2.29. The largest absolute Gasteiger partial charge is 0.336 e. The predicted molar refractivity (Wildman–Crippen MR) is 117 cm³/mol. The van der Waals surface area contributed by atoms with Crippen molar-refractivity contribution < 1.29 is 13.2 Å². The van der Waals surface area contributed by atoms with E-state index in [0.29, 0.717) is 18.2 Å². The van der Waals surface area contributed by atoms with Crippen LogP contribution in [0.5, 0.6) is 0 Å². The molecule has 0 unspecified atom stereocenters. The molecule has 154 valence electrons. The number of aromatic nitrogens is 2. The van der Waals surface area contributed by atoms with Crippen LogP contribution in [0.4, 0.5) is 5.95 Å². The van der Waals surface area contributed by atoms with Crippen LogP contribution in [0, 0.1) is 6.92 Å². The molecule has 2 heterocycles. The number of halogens is 1. The molecule has 1 aliphatic heterocycles. The third-order valence-corrected chi connectivity index (χ3v) is 6.85. The van der Waals surface area contributed by atoms with Crippen molar-refractivity contribution in [2.45, 2.75) is 24.8 Å². The summed E-state index contributed by atoms with van der Waals surface area (Å²) in [6.07, 6.45) is 2.27. The highest BCUT2D eigenvalue weighted by Gasteiger charge is 2.23. The standard InChI is InChI=1S/C21H19BrN4O3S/c1-14-19(20(27)25-30(28,29)18-8-6-17(22)7-9-18)12-23-21(24-14)26-11-10-15-4-2-3-5-16(15)13-26/h2-9,12H,10-11,13H2,1H3,(H,25,27). The van der Waals surface area contributed by atoms with Crippen LogP contribution in [-0.4, -0.2) is 30.8 Å². The lowest BCUT2D eigenvalue weighted by molar-refractivity contribution is 0.0980. The second kappa shape index (κ2) is 8.16. The SMILES string of the molecule is Cc1nc(N2CCc3ccccc3C2)ncc1C(=O)NS(=O)(=O)c1ccc(Br)cc1. The Morgan fingerprint density at radius 2 is 1.80 bits per heavy atom. The van der Waals surface area contributed by atoms with Gasteiger partial charge in [-0.05, 0) is 48.7 Å². The number of nitrogens with zero attached hydrogens (tertiary/aromatic N) is 3. The second-order valence-corrected chi connectivity index (χ2v) is 9.60. The number of rotatable bonds is 4. The van der Waals surface area contributed by atoms with Gasteiger partial charge in [0.25, 0.3) is 15.9 Å². The van der Waals surface area contributed by atoms with Gasteiger partial charge in [-0.3, -0.25) is 4.79 Å². The fourth-order valence-electron chi connectivity index (χ4n) is 3.35. The summed E-state index contributed by atoms with van der Waals surface area (Å²) in [7, 11) is -3.99. The van der Waals surface area contributed by atoms with Crippen molar-refractivity contribution in [3.05, 3.63) is 81.6 Å².